The summed E-state index contributed by atoms with van der Waals surface area (Å²) >= 11 is 3.47. The molecule has 116 valence electrons. The van der Waals surface area contributed by atoms with Crippen LogP contribution in [0.3, 0.4) is 0 Å². The standard InChI is InChI=1S/C16H14BrN5O/c17-13-7-18-5-2-15(13)23-11-3-6-22(9-11)16-12-1-4-19-8-14(12)20-10-21-16/h1-2,4-5,7-8,10-11H,3,6,9H2. The van der Waals surface area contributed by atoms with Gasteiger partial charge in [0.1, 0.15) is 24.0 Å². The van der Waals surface area contributed by atoms with Gasteiger partial charge < -0.3 is 9.64 Å². The predicted molar refractivity (Wildman–Crippen MR) is 90.5 cm³/mol. The van der Waals surface area contributed by atoms with Crippen molar-refractivity contribution in [1.29, 1.82) is 0 Å². The maximum Gasteiger partial charge on any atom is 0.140 e. The summed E-state index contributed by atoms with van der Waals surface area (Å²) in [6.45, 7) is 1.70. The van der Waals surface area contributed by atoms with E-state index in [1.165, 1.54) is 0 Å². The van der Waals surface area contributed by atoms with Crippen LogP contribution in [-0.2, 0) is 0 Å². The number of ether oxygens (including phenoxy) is 1. The molecule has 0 bridgehead atoms. The molecule has 23 heavy (non-hydrogen) atoms. The van der Waals surface area contributed by atoms with Crippen molar-refractivity contribution in [1.82, 2.24) is 19.9 Å². The summed E-state index contributed by atoms with van der Waals surface area (Å²) in [6.07, 6.45) is 9.68. The van der Waals surface area contributed by atoms with Crippen LogP contribution in [0, 0.1) is 0 Å². The Labute approximate surface area is 141 Å². The summed E-state index contributed by atoms with van der Waals surface area (Å²) in [5.74, 6) is 1.76. The second-order valence-electron chi connectivity index (χ2n) is 5.37. The molecular weight excluding hydrogens is 358 g/mol. The molecule has 0 saturated carbocycles. The smallest absolute Gasteiger partial charge is 0.140 e. The molecule has 0 aliphatic carbocycles. The number of nitrogens with zero attached hydrogens (tertiary/aromatic N) is 5. The third-order valence-corrected chi connectivity index (χ3v) is 4.49. The van der Waals surface area contributed by atoms with E-state index in [1.807, 2.05) is 12.1 Å². The molecule has 0 amide bonds. The maximum absolute atomic E-state index is 6.09. The van der Waals surface area contributed by atoms with E-state index in [-0.39, 0.29) is 6.10 Å². The Kier molecular flexibility index (Phi) is 3.78. The lowest BCUT2D eigenvalue weighted by Crippen LogP contribution is -2.25. The Hall–Kier alpha value is -2.28. The van der Waals surface area contributed by atoms with E-state index in [2.05, 4.69) is 40.8 Å². The third-order valence-electron chi connectivity index (χ3n) is 3.89. The molecule has 1 unspecified atom stereocenters. The Morgan fingerprint density at radius 1 is 1.13 bits per heavy atom. The van der Waals surface area contributed by atoms with Crippen LogP contribution in [0.1, 0.15) is 6.42 Å². The molecule has 4 heterocycles. The molecule has 1 aliphatic rings. The van der Waals surface area contributed by atoms with Gasteiger partial charge in [-0.2, -0.15) is 0 Å². The van der Waals surface area contributed by atoms with E-state index in [1.54, 1.807) is 31.1 Å². The number of rotatable bonds is 3. The lowest BCUT2D eigenvalue weighted by Gasteiger charge is -2.19. The highest BCUT2D eigenvalue weighted by atomic mass is 79.9. The van der Waals surface area contributed by atoms with Crippen molar-refractivity contribution < 1.29 is 4.74 Å². The van der Waals surface area contributed by atoms with Crippen molar-refractivity contribution in [2.45, 2.75) is 12.5 Å². The molecule has 0 spiro atoms. The first-order valence-corrected chi connectivity index (χ1v) is 8.16. The molecule has 3 aromatic heterocycles. The van der Waals surface area contributed by atoms with E-state index in [0.717, 1.165) is 46.5 Å². The Balaban J connectivity index is 1.55. The Bertz CT molecular complexity index is 838. The average molecular weight is 372 g/mol. The zero-order valence-corrected chi connectivity index (χ0v) is 13.8. The molecule has 1 saturated heterocycles. The topological polar surface area (TPSA) is 64.0 Å². The number of hydrogen-bond acceptors (Lipinski definition) is 6. The molecule has 1 atom stereocenters. The lowest BCUT2D eigenvalue weighted by atomic mass is 10.3. The number of anilines is 1. The largest absolute Gasteiger partial charge is 0.487 e. The van der Waals surface area contributed by atoms with Gasteiger partial charge in [-0.1, -0.05) is 0 Å². The van der Waals surface area contributed by atoms with Gasteiger partial charge >= 0.3 is 0 Å². The minimum atomic E-state index is 0.126. The number of aromatic nitrogens is 4. The van der Waals surface area contributed by atoms with Crippen LogP contribution >= 0.6 is 15.9 Å². The highest BCUT2D eigenvalue weighted by molar-refractivity contribution is 9.10. The van der Waals surface area contributed by atoms with Crippen LogP contribution in [0.15, 0.2) is 47.7 Å². The normalized spacial score (nSPS) is 17.6. The molecule has 7 heteroatoms. The van der Waals surface area contributed by atoms with Crippen molar-refractivity contribution in [3.05, 3.63) is 47.7 Å². The zero-order valence-electron chi connectivity index (χ0n) is 12.3. The second-order valence-corrected chi connectivity index (χ2v) is 6.23. The van der Waals surface area contributed by atoms with Gasteiger partial charge in [-0.3, -0.25) is 9.97 Å². The van der Waals surface area contributed by atoms with Gasteiger partial charge in [-0.15, -0.1) is 0 Å². The van der Waals surface area contributed by atoms with Crippen molar-refractivity contribution in [3.63, 3.8) is 0 Å². The number of hydrogen-bond donors (Lipinski definition) is 0. The summed E-state index contributed by atoms with van der Waals surface area (Å²) in [5, 5.41) is 1.02. The fourth-order valence-corrected chi connectivity index (χ4v) is 3.14. The van der Waals surface area contributed by atoms with Gasteiger partial charge in [0.2, 0.25) is 0 Å². The quantitative estimate of drug-likeness (QED) is 0.705. The van der Waals surface area contributed by atoms with Gasteiger partial charge in [0.25, 0.3) is 0 Å². The van der Waals surface area contributed by atoms with Crippen molar-refractivity contribution in [3.8, 4) is 5.75 Å². The van der Waals surface area contributed by atoms with Gasteiger partial charge in [0, 0.05) is 36.9 Å². The molecular formula is C16H14BrN5O. The molecule has 0 N–H and O–H groups in total. The molecule has 1 aliphatic heterocycles. The number of fused-ring (bicyclic) bond motifs is 1. The summed E-state index contributed by atoms with van der Waals surface area (Å²) in [6, 6.07) is 3.83. The monoisotopic (exact) mass is 371 g/mol. The fourth-order valence-electron chi connectivity index (χ4n) is 2.80. The molecule has 1 fully saturated rings. The third kappa shape index (κ3) is 2.84. The minimum absolute atomic E-state index is 0.126. The van der Waals surface area contributed by atoms with Gasteiger partial charge in [0.15, 0.2) is 0 Å². The fraction of sp³-hybridized carbons (Fsp3) is 0.250. The summed E-state index contributed by atoms with van der Waals surface area (Å²) in [5.41, 5.74) is 0.860. The highest BCUT2D eigenvalue weighted by Gasteiger charge is 2.26. The van der Waals surface area contributed by atoms with E-state index in [9.17, 15) is 0 Å². The van der Waals surface area contributed by atoms with Crippen LogP contribution in [0.2, 0.25) is 0 Å². The zero-order chi connectivity index (χ0) is 15.6. The maximum atomic E-state index is 6.09. The Morgan fingerprint density at radius 2 is 2.00 bits per heavy atom. The van der Waals surface area contributed by atoms with Gasteiger partial charge in [-0.25, -0.2) is 9.97 Å². The van der Waals surface area contributed by atoms with Crippen LogP contribution in [0.4, 0.5) is 5.82 Å². The van der Waals surface area contributed by atoms with E-state index in [4.69, 9.17) is 4.74 Å². The van der Waals surface area contributed by atoms with E-state index >= 15 is 0 Å². The van der Waals surface area contributed by atoms with Gasteiger partial charge in [0.05, 0.1) is 22.7 Å². The molecule has 6 nitrogen and oxygen atoms in total. The van der Waals surface area contributed by atoms with Crippen molar-refractivity contribution in [2.24, 2.45) is 0 Å². The van der Waals surface area contributed by atoms with Gasteiger partial charge in [-0.05, 0) is 28.1 Å². The molecule has 0 aromatic carbocycles. The SMILES string of the molecule is Brc1cnccc1OC1CCN(c2ncnc3cnccc23)C1. The second kappa shape index (κ2) is 6.08. The average Bonchev–Trinajstić information content (AvgIpc) is 3.05. The summed E-state index contributed by atoms with van der Waals surface area (Å²) in [4.78, 5) is 19.1. The van der Waals surface area contributed by atoms with Crippen LogP contribution < -0.4 is 9.64 Å². The Morgan fingerprint density at radius 3 is 2.91 bits per heavy atom. The van der Waals surface area contributed by atoms with Crippen molar-refractivity contribution in [2.75, 3.05) is 18.0 Å². The number of halogens is 1. The van der Waals surface area contributed by atoms with E-state index in [0.29, 0.717) is 0 Å². The van der Waals surface area contributed by atoms with E-state index < -0.39 is 0 Å². The molecule has 4 rings (SSSR count). The minimum Gasteiger partial charge on any atom is -0.487 e. The first-order valence-electron chi connectivity index (χ1n) is 7.37. The van der Waals surface area contributed by atoms with Crippen molar-refractivity contribution >= 4 is 32.7 Å². The van der Waals surface area contributed by atoms with Crippen LogP contribution in [-0.4, -0.2) is 39.1 Å². The van der Waals surface area contributed by atoms with Crippen LogP contribution in [0.5, 0.6) is 5.75 Å². The summed E-state index contributed by atoms with van der Waals surface area (Å²) < 4.78 is 6.96. The summed E-state index contributed by atoms with van der Waals surface area (Å²) in [7, 11) is 0. The first-order chi connectivity index (χ1) is 11.3. The highest BCUT2D eigenvalue weighted by Crippen LogP contribution is 2.29. The molecule has 3 aromatic rings. The first kappa shape index (κ1) is 14.3. The molecule has 0 radical (unpaired) electrons. The van der Waals surface area contributed by atoms with Crippen LogP contribution in [0.25, 0.3) is 10.9 Å². The lowest BCUT2D eigenvalue weighted by molar-refractivity contribution is 0.223. The number of pyridine rings is 2. The predicted octanol–water partition coefficient (Wildman–Crippen LogP) is 2.84.